The quantitative estimate of drug-likeness (QED) is 0.897. The Morgan fingerprint density at radius 2 is 1.74 bits per heavy atom. The summed E-state index contributed by atoms with van der Waals surface area (Å²) in [5.41, 5.74) is 2.80. The summed E-state index contributed by atoms with van der Waals surface area (Å²) in [7, 11) is 3.95. The van der Waals surface area contributed by atoms with E-state index in [0.717, 1.165) is 16.8 Å². The van der Waals surface area contributed by atoms with Gasteiger partial charge < -0.3 is 24.2 Å². The lowest BCUT2D eigenvalue weighted by atomic mass is 9.72. The van der Waals surface area contributed by atoms with E-state index < -0.39 is 11.7 Å². The zero-order valence-corrected chi connectivity index (χ0v) is 15.9. The van der Waals surface area contributed by atoms with Crippen molar-refractivity contribution in [3.05, 3.63) is 47.5 Å². The van der Waals surface area contributed by atoms with E-state index in [9.17, 15) is 9.90 Å². The van der Waals surface area contributed by atoms with E-state index >= 15 is 0 Å². The zero-order valence-electron chi connectivity index (χ0n) is 15.9. The van der Waals surface area contributed by atoms with Crippen molar-refractivity contribution in [3.63, 3.8) is 0 Å². The average molecular weight is 369 g/mol. The van der Waals surface area contributed by atoms with Gasteiger partial charge in [-0.3, -0.25) is 4.79 Å². The highest BCUT2D eigenvalue weighted by Gasteiger charge is 2.49. The van der Waals surface area contributed by atoms with Crippen LogP contribution in [0, 0.1) is 5.92 Å². The minimum atomic E-state index is -1.63. The van der Waals surface area contributed by atoms with Gasteiger partial charge in [-0.25, -0.2) is 0 Å². The van der Waals surface area contributed by atoms with E-state index in [-0.39, 0.29) is 18.5 Å². The lowest BCUT2D eigenvalue weighted by Crippen LogP contribution is -2.50. The molecule has 142 valence electrons. The third kappa shape index (κ3) is 2.90. The topological polar surface area (TPSA) is 68.2 Å². The van der Waals surface area contributed by atoms with Gasteiger partial charge in [-0.15, -0.1) is 0 Å². The zero-order chi connectivity index (χ0) is 19.3. The maximum atomic E-state index is 12.5. The highest BCUT2D eigenvalue weighted by atomic mass is 16.7. The number of hydrogen-bond donors (Lipinski definition) is 1. The van der Waals surface area contributed by atoms with Crippen molar-refractivity contribution < 1.29 is 24.1 Å². The lowest BCUT2D eigenvalue weighted by molar-refractivity contribution is -0.181. The van der Waals surface area contributed by atoms with E-state index in [4.69, 9.17) is 14.2 Å². The van der Waals surface area contributed by atoms with Crippen LogP contribution in [-0.2, 0) is 4.79 Å². The number of benzene rings is 2. The monoisotopic (exact) mass is 369 g/mol. The summed E-state index contributed by atoms with van der Waals surface area (Å²) in [4.78, 5) is 14.5. The number of carbonyl (C=O) groups is 1. The number of hydrogen-bond acceptors (Lipinski definition) is 6. The van der Waals surface area contributed by atoms with Crippen LogP contribution in [0.15, 0.2) is 36.4 Å². The molecule has 6 nitrogen and oxygen atoms in total. The molecule has 0 saturated heterocycles. The van der Waals surface area contributed by atoms with Crippen LogP contribution in [0.4, 0.5) is 5.69 Å². The normalized spacial score (nSPS) is 25.5. The van der Waals surface area contributed by atoms with Crippen LogP contribution in [0.2, 0.25) is 0 Å². The molecule has 4 rings (SSSR count). The van der Waals surface area contributed by atoms with Gasteiger partial charge in [0.2, 0.25) is 12.6 Å². The van der Waals surface area contributed by atoms with Crippen molar-refractivity contribution in [2.45, 2.75) is 25.6 Å². The third-order valence-corrected chi connectivity index (χ3v) is 5.27. The first-order valence-corrected chi connectivity index (χ1v) is 8.90. The molecule has 0 bridgehead atoms. The van der Waals surface area contributed by atoms with Gasteiger partial charge in [0.25, 0.3) is 0 Å². The summed E-state index contributed by atoms with van der Waals surface area (Å²) in [5.74, 6) is -1.16. The summed E-state index contributed by atoms with van der Waals surface area (Å²) in [6.07, 6.45) is 0. The molecule has 0 spiro atoms. The molecule has 3 atom stereocenters. The second kappa shape index (κ2) is 6.16. The molecule has 0 aliphatic carbocycles. The largest absolute Gasteiger partial charge is 0.462 e. The van der Waals surface area contributed by atoms with E-state index in [2.05, 4.69) is 0 Å². The molecule has 2 aliphatic rings. The highest BCUT2D eigenvalue weighted by molar-refractivity contribution is 5.82. The van der Waals surface area contributed by atoms with Crippen LogP contribution in [0.5, 0.6) is 17.2 Å². The minimum absolute atomic E-state index is 0.134. The highest BCUT2D eigenvalue weighted by Crippen LogP contribution is 2.51. The van der Waals surface area contributed by atoms with Crippen LogP contribution in [-0.4, -0.2) is 37.6 Å². The fourth-order valence-corrected chi connectivity index (χ4v) is 4.01. The summed E-state index contributed by atoms with van der Waals surface area (Å²) >= 11 is 0. The molecule has 2 aliphatic heterocycles. The molecule has 0 unspecified atom stereocenters. The Morgan fingerprint density at radius 3 is 2.33 bits per heavy atom. The Labute approximate surface area is 158 Å². The number of rotatable bonds is 3. The summed E-state index contributed by atoms with van der Waals surface area (Å²) < 4.78 is 16.8. The average Bonchev–Trinajstić information content (AvgIpc) is 3.05. The maximum absolute atomic E-state index is 12.5. The standard InChI is InChI=1S/C21H23NO5/c1-12(23)20-19(13-5-7-14(8-6-13)22(3)4)15-9-17-18(26-11-25-17)10-16(15)27-21(20,2)24/h5-10,19-20,24H,11H2,1-4H3/t19-,20+,21-/m0/s1. The molecule has 0 radical (unpaired) electrons. The number of fused-ring (bicyclic) bond motifs is 2. The minimum Gasteiger partial charge on any atom is -0.462 e. The van der Waals surface area contributed by atoms with Gasteiger partial charge in [-0.2, -0.15) is 0 Å². The van der Waals surface area contributed by atoms with E-state index in [1.165, 1.54) is 13.8 Å². The summed E-state index contributed by atoms with van der Waals surface area (Å²) in [5, 5.41) is 11.0. The molecule has 0 saturated carbocycles. The molecule has 0 aromatic heterocycles. The van der Waals surface area contributed by atoms with Crippen molar-refractivity contribution in [2.75, 3.05) is 25.8 Å². The Morgan fingerprint density at radius 1 is 1.11 bits per heavy atom. The van der Waals surface area contributed by atoms with Gasteiger partial charge in [-0.1, -0.05) is 12.1 Å². The van der Waals surface area contributed by atoms with E-state index in [0.29, 0.717) is 17.2 Å². The molecule has 2 heterocycles. The molecular formula is C21H23NO5. The SMILES string of the molecule is CC(=O)[C@@H]1[C@@H](c2ccc(N(C)C)cc2)c2cc3c(cc2O[C@]1(C)O)OCO3. The number of aliphatic hydroxyl groups is 1. The van der Waals surface area contributed by atoms with Crippen molar-refractivity contribution >= 4 is 11.5 Å². The molecular weight excluding hydrogens is 346 g/mol. The molecule has 0 fully saturated rings. The maximum Gasteiger partial charge on any atom is 0.231 e. The fourth-order valence-electron chi connectivity index (χ4n) is 4.01. The number of ketones is 1. The van der Waals surface area contributed by atoms with Crippen LogP contribution < -0.4 is 19.1 Å². The molecule has 6 heteroatoms. The van der Waals surface area contributed by atoms with Gasteiger partial charge in [0, 0.05) is 44.3 Å². The van der Waals surface area contributed by atoms with Gasteiger partial charge >= 0.3 is 0 Å². The van der Waals surface area contributed by atoms with Crippen LogP contribution in [0.25, 0.3) is 0 Å². The molecule has 27 heavy (non-hydrogen) atoms. The Bertz CT molecular complexity index is 888. The van der Waals surface area contributed by atoms with Crippen LogP contribution in [0.3, 0.4) is 0 Å². The van der Waals surface area contributed by atoms with Crippen molar-refractivity contribution in [2.24, 2.45) is 5.92 Å². The molecule has 2 aromatic rings. The summed E-state index contributed by atoms with van der Waals surface area (Å²) in [6, 6.07) is 11.6. The molecule has 1 N–H and O–H groups in total. The van der Waals surface area contributed by atoms with Gasteiger partial charge in [0.05, 0.1) is 5.92 Å². The van der Waals surface area contributed by atoms with Gasteiger partial charge in [0.15, 0.2) is 11.5 Å². The summed E-state index contributed by atoms with van der Waals surface area (Å²) in [6.45, 7) is 3.17. The van der Waals surface area contributed by atoms with Crippen molar-refractivity contribution in [3.8, 4) is 17.2 Å². The predicted octanol–water partition coefficient (Wildman–Crippen LogP) is 2.92. The van der Waals surface area contributed by atoms with Gasteiger partial charge in [-0.05, 0) is 30.7 Å². The van der Waals surface area contributed by atoms with E-state index in [1.54, 1.807) is 6.07 Å². The van der Waals surface area contributed by atoms with Crippen LogP contribution >= 0.6 is 0 Å². The Hall–Kier alpha value is -2.73. The van der Waals surface area contributed by atoms with Gasteiger partial charge in [0.1, 0.15) is 11.5 Å². The lowest BCUT2D eigenvalue weighted by Gasteiger charge is -2.42. The first kappa shape index (κ1) is 17.7. The Balaban J connectivity index is 1.89. The smallest absolute Gasteiger partial charge is 0.231 e. The second-order valence-electron chi connectivity index (χ2n) is 7.45. The number of carbonyl (C=O) groups excluding carboxylic acids is 1. The fraction of sp³-hybridized carbons (Fsp3) is 0.381. The van der Waals surface area contributed by atoms with Crippen molar-refractivity contribution in [1.29, 1.82) is 0 Å². The number of ether oxygens (including phenoxy) is 3. The molecule has 0 amide bonds. The third-order valence-electron chi connectivity index (χ3n) is 5.27. The van der Waals surface area contributed by atoms with Crippen molar-refractivity contribution in [1.82, 2.24) is 0 Å². The first-order chi connectivity index (χ1) is 12.8. The predicted molar refractivity (Wildman–Crippen MR) is 101 cm³/mol. The first-order valence-electron chi connectivity index (χ1n) is 8.90. The number of Topliss-reactive ketones (excluding diaryl/α,β-unsaturated/α-hetero) is 1. The number of nitrogens with zero attached hydrogens (tertiary/aromatic N) is 1. The van der Waals surface area contributed by atoms with Crippen LogP contribution in [0.1, 0.15) is 30.9 Å². The molecule has 2 aromatic carbocycles. The second-order valence-corrected chi connectivity index (χ2v) is 7.45. The Kier molecular flexibility index (Phi) is 4.03. The number of anilines is 1. The van der Waals surface area contributed by atoms with E-state index in [1.807, 2.05) is 49.3 Å².